The van der Waals surface area contributed by atoms with Crippen molar-refractivity contribution in [1.82, 2.24) is 0 Å². The minimum atomic E-state index is -0.178. The molecule has 0 fully saturated rings. The fourth-order valence-electron chi connectivity index (χ4n) is 0.505. The Labute approximate surface area is 61.3 Å². The van der Waals surface area contributed by atoms with E-state index in [0.29, 0.717) is 11.5 Å². The summed E-state index contributed by atoms with van der Waals surface area (Å²) in [5, 5.41) is 0. The van der Waals surface area contributed by atoms with Crippen LogP contribution in [0, 0.1) is 0 Å². The standard InChI is InChI=1S/C7H14N2O/c1-5(2)10-6(3)7(9)4-8/h4,6H,1,8-9H2,2-3H3/b7-4-. The molecular formula is C7H14N2O. The van der Waals surface area contributed by atoms with Crippen molar-refractivity contribution >= 4 is 0 Å². The van der Waals surface area contributed by atoms with Gasteiger partial charge in [0.15, 0.2) is 0 Å². The van der Waals surface area contributed by atoms with E-state index >= 15 is 0 Å². The van der Waals surface area contributed by atoms with Crippen molar-refractivity contribution in [2.45, 2.75) is 20.0 Å². The Bertz CT molecular complexity index is 152. The highest BCUT2D eigenvalue weighted by Gasteiger charge is 2.03. The van der Waals surface area contributed by atoms with Gasteiger partial charge in [0.1, 0.15) is 6.10 Å². The molecule has 3 heteroatoms. The van der Waals surface area contributed by atoms with Crippen LogP contribution in [0.15, 0.2) is 24.2 Å². The summed E-state index contributed by atoms with van der Waals surface area (Å²) in [4.78, 5) is 0. The van der Waals surface area contributed by atoms with E-state index in [1.807, 2.05) is 6.92 Å². The van der Waals surface area contributed by atoms with E-state index < -0.39 is 0 Å². The van der Waals surface area contributed by atoms with Crippen LogP contribution in [-0.4, -0.2) is 6.10 Å². The number of rotatable bonds is 3. The zero-order valence-electron chi connectivity index (χ0n) is 6.42. The Kier molecular flexibility index (Phi) is 3.39. The van der Waals surface area contributed by atoms with E-state index in [1.54, 1.807) is 6.92 Å². The molecule has 3 nitrogen and oxygen atoms in total. The first-order valence-corrected chi connectivity index (χ1v) is 3.07. The second kappa shape index (κ2) is 3.82. The van der Waals surface area contributed by atoms with Crippen LogP contribution in [0.25, 0.3) is 0 Å². The molecule has 0 saturated carbocycles. The smallest absolute Gasteiger partial charge is 0.136 e. The molecule has 0 bridgehead atoms. The van der Waals surface area contributed by atoms with Gasteiger partial charge in [-0.3, -0.25) is 0 Å². The lowest BCUT2D eigenvalue weighted by molar-refractivity contribution is 0.162. The third kappa shape index (κ3) is 3.02. The molecule has 1 atom stereocenters. The Morgan fingerprint density at radius 3 is 2.50 bits per heavy atom. The predicted molar refractivity (Wildman–Crippen MR) is 41.8 cm³/mol. The van der Waals surface area contributed by atoms with Gasteiger partial charge in [-0.15, -0.1) is 0 Å². The van der Waals surface area contributed by atoms with Crippen molar-refractivity contribution in [2.24, 2.45) is 11.5 Å². The number of hydrogen-bond acceptors (Lipinski definition) is 3. The summed E-state index contributed by atoms with van der Waals surface area (Å²) in [6.07, 6.45) is 1.15. The summed E-state index contributed by atoms with van der Waals surface area (Å²) < 4.78 is 5.14. The van der Waals surface area contributed by atoms with Gasteiger partial charge in [-0.05, 0) is 13.8 Å². The van der Waals surface area contributed by atoms with Gasteiger partial charge in [0, 0.05) is 6.20 Å². The first kappa shape index (κ1) is 8.88. The summed E-state index contributed by atoms with van der Waals surface area (Å²) in [5.74, 6) is 0.636. The molecule has 0 aromatic heterocycles. The average molecular weight is 142 g/mol. The summed E-state index contributed by atoms with van der Waals surface area (Å²) in [7, 11) is 0. The molecule has 0 aliphatic heterocycles. The molecule has 0 aromatic rings. The molecule has 1 unspecified atom stereocenters. The molecular weight excluding hydrogens is 128 g/mol. The van der Waals surface area contributed by atoms with Gasteiger partial charge in [0.05, 0.1) is 11.5 Å². The highest BCUT2D eigenvalue weighted by molar-refractivity contribution is 5.00. The third-order valence-electron chi connectivity index (χ3n) is 1.04. The topological polar surface area (TPSA) is 61.3 Å². The molecule has 0 aliphatic carbocycles. The van der Waals surface area contributed by atoms with E-state index in [2.05, 4.69) is 6.58 Å². The molecule has 4 N–H and O–H groups in total. The quantitative estimate of drug-likeness (QED) is 0.570. The van der Waals surface area contributed by atoms with Crippen LogP contribution < -0.4 is 11.5 Å². The van der Waals surface area contributed by atoms with Gasteiger partial charge in [-0.25, -0.2) is 0 Å². The van der Waals surface area contributed by atoms with Crippen LogP contribution in [0.2, 0.25) is 0 Å². The van der Waals surface area contributed by atoms with Crippen molar-refractivity contribution in [3.05, 3.63) is 24.2 Å². The molecule has 0 aliphatic rings. The Hall–Kier alpha value is -1.12. The van der Waals surface area contributed by atoms with E-state index in [0.717, 1.165) is 0 Å². The SMILES string of the molecule is C=C(C)OC(C)/C(N)=C/N. The molecule has 0 radical (unpaired) electrons. The summed E-state index contributed by atoms with van der Waals surface area (Å²) >= 11 is 0. The zero-order valence-corrected chi connectivity index (χ0v) is 6.42. The first-order chi connectivity index (χ1) is 4.57. The maximum absolute atomic E-state index is 5.43. The monoisotopic (exact) mass is 142 g/mol. The largest absolute Gasteiger partial charge is 0.490 e. The van der Waals surface area contributed by atoms with Gasteiger partial charge in [-0.1, -0.05) is 6.58 Å². The number of allylic oxidation sites excluding steroid dienone is 1. The average Bonchev–Trinajstić information content (AvgIpc) is 1.85. The molecule has 0 aromatic carbocycles. The Balaban J connectivity index is 3.85. The van der Waals surface area contributed by atoms with Crippen molar-refractivity contribution in [3.8, 4) is 0 Å². The predicted octanol–water partition coefficient (Wildman–Crippen LogP) is 0.684. The maximum Gasteiger partial charge on any atom is 0.136 e. The Morgan fingerprint density at radius 1 is 1.70 bits per heavy atom. The van der Waals surface area contributed by atoms with Crippen LogP contribution in [-0.2, 0) is 4.74 Å². The Morgan fingerprint density at radius 2 is 2.20 bits per heavy atom. The van der Waals surface area contributed by atoms with Crippen LogP contribution in [0.4, 0.5) is 0 Å². The van der Waals surface area contributed by atoms with E-state index in [-0.39, 0.29) is 6.10 Å². The number of hydrogen-bond donors (Lipinski definition) is 2. The molecule has 10 heavy (non-hydrogen) atoms. The lowest BCUT2D eigenvalue weighted by Gasteiger charge is -2.13. The lowest BCUT2D eigenvalue weighted by atomic mass is 10.3. The second-order valence-electron chi connectivity index (χ2n) is 2.13. The van der Waals surface area contributed by atoms with Crippen molar-refractivity contribution < 1.29 is 4.74 Å². The van der Waals surface area contributed by atoms with E-state index in [4.69, 9.17) is 16.2 Å². The van der Waals surface area contributed by atoms with Gasteiger partial charge in [0.2, 0.25) is 0 Å². The third-order valence-corrected chi connectivity index (χ3v) is 1.04. The van der Waals surface area contributed by atoms with Crippen molar-refractivity contribution in [3.63, 3.8) is 0 Å². The van der Waals surface area contributed by atoms with Crippen LogP contribution in [0.1, 0.15) is 13.8 Å². The van der Waals surface area contributed by atoms with Crippen molar-refractivity contribution in [2.75, 3.05) is 0 Å². The number of ether oxygens (including phenoxy) is 1. The second-order valence-corrected chi connectivity index (χ2v) is 2.13. The number of nitrogens with two attached hydrogens (primary N) is 2. The van der Waals surface area contributed by atoms with Crippen LogP contribution in [0.5, 0.6) is 0 Å². The molecule has 0 rings (SSSR count). The van der Waals surface area contributed by atoms with Crippen LogP contribution >= 0.6 is 0 Å². The summed E-state index contributed by atoms with van der Waals surface area (Å²) in [6, 6.07) is 0. The molecule has 0 amide bonds. The fourth-order valence-corrected chi connectivity index (χ4v) is 0.505. The zero-order chi connectivity index (χ0) is 8.15. The normalized spacial score (nSPS) is 14.4. The molecule has 0 heterocycles. The van der Waals surface area contributed by atoms with Gasteiger partial charge in [0.25, 0.3) is 0 Å². The van der Waals surface area contributed by atoms with E-state index in [9.17, 15) is 0 Å². The lowest BCUT2D eigenvalue weighted by Crippen LogP contribution is -2.18. The fraction of sp³-hybridized carbons (Fsp3) is 0.429. The van der Waals surface area contributed by atoms with Crippen molar-refractivity contribution in [1.29, 1.82) is 0 Å². The van der Waals surface area contributed by atoms with E-state index in [1.165, 1.54) is 6.20 Å². The van der Waals surface area contributed by atoms with Gasteiger partial charge >= 0.3 is 0 Å². The minimum Gasteiger partial charge on any atom is -0.490 e. The first-order valence-electron chi connectivity index (χ1n) is 3.07. The minimum absolute atomic E-state index is 0.178. The highest BCUT2D eigenvalue weighted by atomic mass is 16.5. The highest BCUT2D eigenvalue weighted by Crippen LogP contribution is 2.03. The molecule has 0 spiro atoms. The van der Waals surface area contributed by atoms with Gasteiger partial charge < -0.3 is 16.2 Å². The van der Waals surface area contributed by atoms with Gasteiger partial charge in [-0.2, -0.15) is 0 Å². The molecule has 58 valence electrons. The summed E-state index contributed by atoms with van der Waals surface area (Å²) in [6.45, 7) is 7.14. The maximum atomic E-state index is 5.43. The van der Waals surface area contributed by atoms with Crippen LogP contribution in [0.3, 0.4) is 0 Å². The molecule has 0 saturated heterocycles. The summed E-state index contributed by atoms with van der Waals surface area (Å²) in [5.41, 5.74) is 11.1.